The minimum Gasteiger partial charge on any atom is -0.463 e. The van der Waals surface area contributed by atoms with Gasteiger partial charge in [-0.3, -0.25) is 24.0 Å². The van der Waals surface area contributed by atoms with Gasteiger partial charge in [-0.05, 0) is 31.2 Å². The van der Waals surface area contributed by atoms with Gasteiger partial charge in [0.05, 0.1) is 0 Å². The van der Waals surface area contributed by atoms with Crippen molar-refractivity contribution in [1.82, 2.24) is 0 Å². The normalized spacial score (nSPS) is 24.2. The molecule has 0 bridgehead atoms. The summed E-state index contributed by atoms with van der Waals surface area (Å²) in [5, 5.41) is 0. The van der Waals surface area contributed by atoms with Crippen LogP contribution in [0.3, 0.4) is 0 Å². The number of esters is 4. The summed E-state index contributed by atoms with van der Waals surface area (Å²) in [7, 11) is 0. The van der Waals surface area contributed by atoms with Crippen LogP contribution in [0.4, 0.5) is 0 Å². The Kier molecular flexibility index (Phi) is 8.92. The fourth-order valence-electron chi connectivity index (χ4n) is 3.19. The minimum atomic E-state index is -1.34. The van der Waals surface area contributed by atoms with Crippen LogP contribution in [0.25, 0.3) is 0 Å². The molecular formula is C22H26O11. The second kappa shape index (κ2) is 11.4. The minimum absolute atomic E-state index is 0.145. The van der Waals surface area contributed by atoms with Crippen molar-refractivity contribution in [2.24, 2.45) is 0 Å². The molecule has 11 nitrogen and oxygen atoms in total. The van der Waals surface area contributed by atoms with Crippen LogP contribution in [-0.2, 0) is 42.9 Å². The van der Waals surface area contributed by atoms with Gasteiger partial charge in [0.25, 0.3) is 0 Å². The largest absolute Gasteiger partial charge is 0.463 e. The van der Waals surface area contributed by atoms with Crippen LogP contribution in [0.2, 0.25) is 0 Å². The van der Waals surface area contributed by atoms with Gasteiger partial charge >= 0.3 is 23.9 Å². The summed E-state index contributed by atoms with van der Waals surface area (Å²) in [6.07, 6.45) is -6.39. The van der Waals surface area contributed by atoms with Gasteiger partial charge in [-0.2, -0.15) is 0 Å². The van der Waals surface area contributed by atoms with E-state index in [2.05, 4.69) is 0 Å². The van der Waals surface area contributed by atoms with E-state index in [1.807, 2.05) is 0 Å². The number of rotatable bonds is 8. The average molecular weight is 466 g/mol. The number of hydrogen-bond donors (Lipinski definition) is 0. The van der Waals surface area contributed by atoms with E-state index in [0.717, 1.165) is 20.8 Å². The Bertz CT molecular complexity index is 892. The predicted molar refractivity (Wildman–Crippen MR) is 109 cm³/mol. The number of Topliss-reactive ketones (excluding diaryl/α,β-unsaturated/α-hetero) is 1. The molecule has 180 valence electrons. The first kappa shape index (κ1) is 25.8. The number of carbonyl (C=O) groups is 5. The lowest BCUT2D eigenvalue weighted by Crippen LogP contribution is -2.63. The molecule has 0 spiro atoms. The third-order valence-corrected chi connectivity index (χ3v) is 4.46. The highest BCUT2D eigenvalue weighted by molar-refractivity contribution is 5.94. The van der Waals surface area contributed by atoms with Crippen LogP contribution in [0.1, 0.15) is 45.0 Å². The third kappa shape index (κ3) is 7.56. The lowest BCUT2D eigenvalue weighted by atomic mass is 9.98. The number of ketones is 1. The Hall–Kier alpha value is -3.47. The van der Waals surface area contributed by atoms with Crippen molar-refractivity contribution in [2.75, 3.05) is 6.61 Å². The van der Waals surface area contributed by atoms with Gasteiger partial charge < -0.3 is 28.4 Å². The van der Waals surface area contributed by atoms with Crippen LogP contribution in [-0.4, -0.2) is 67.0 Å². The van der Waals surface area contributed by atoms with Gasteiger partial charge in [0.2, 0.25) is 12.4 Å². The number of hydrogen-bond acceptors (Lipinski definition) is 11. The quantitative estimate of drug-likeness (QED) is 0.311. The molecule has 0 saturated carbocycles. The molecule has 1 aromatic carbocycles. The zero-order valence-corrected chi connectivity index (χ0v) is 18.9. The van der Waals surface area contributed by atoms with E-state index in [1.54, 1.807) is 0 Å². The summed E-state index contributed by atoms with van der Waals surface area (Å²) < 4.78 is 32.6. The van der Waals surface area contributed by atoms with Crippen LogP contribution in [0.5, 0.6) is 5.75 Å². The van der Waals surface area contributed by atoms with Gasteiger partial charge in [-0.1, -0.05) is 0 Å². The monoisotopic (exact) mass is 466 g/mol. The topological polar surface area (TPSA) is 141 Å². The highest BCUT2D eigenvalue weighted by atomic mass is 16.7. The van der Waals surface area contributed by atoms with E-state index < -0.39 is 54.6 Å². The molecule has 1 saturated heterocycles. The van der Waals surface area contributed by atoms with Gasteiger partial charge in [-0.25, -0.2) is 0 Å². The Labute approximate surface area is 190 Å². The first-order valence-corrected chi connectivity index (χ1v) is 10.1. The Morgan fingerprint density at radius 2 is 1.24 bits per heavy atom. The van der Waals surface area contributed by atoms with E-state index in [1.165, 1.54) is 38.1 Å². The summed E-state index contributed by atoms with van der Waals surface area (Å²) in [6.45, 7) is 5.63. The maximum atomic E-state index is 11.8. The Morgan fingerprint density at radius 3 is 1.73 bits per heavy atom. The molecule has 0 aliphatic carbocycles. The SMILES string of the molecule is CC(=O)OCC1O[C@@H](Oc2ccc(C(C)=O)cc2)C(OC(C)=O)C(OC(C)=O)[C@H]1OC(C)=O. The van der Waals surface area contributed by atoms with E-state index >= 15 is 0 Å². The molecule has 2 rings (SSSR count). The van der Waals surface area contributed by atoms with Crippen LogP contribution in [0, 0.1) is 0 Å². The van der Waals surface area contributed by atoms with Crippen molar-refractivity contribution in [1.29, 1.82) is 0 Å². The van der Waals surface area contributed by atoms with Crippen molar-refractivity contribution >= 4 is 29.7 Å². The fraction of sp³-hybridized carbons (Fsp3) is 0.500. The fourth-order valence-corrected chi connectivity index (χ4v) is 3.19. The summed E-state index contributed by atoms with van der Waals surface area (Å²) in [6, 6.07) is 6.07. The smallest absolute Gasteiger partial charge is 0.303 e. The van der Waals surface area contributed by atoms with Gasteiger partial charge in [0.15, 0.2) is 18.0 Å². The van der Waals surface area contributed by atoms with Crippen molar-refractivity contribution in [3.63, 3.8) is 0 Å². The molecule has 5 atom stereocenters. The van der Waals surface area contributed by atoms with Gasteiger partial charge in [-0.15, -0.1) is 0 Å². The molecule has 0 amide bonds. The summed E-state index contributed by atoms with van der Waals surface area (Å²) in [4.78, 5) is 58.2. The number of ether oxygens (including phenoxy) is 6. The lowest BCUT2D eigenvalue weighted by Gasteiger charge is -2.43. The van der Waals surface area contributed by atoms with Crippen LogP contribution >= 0.6 is 0 Å². The van der Waals surface area contributed by atoms with Gasteiger partial charge in [0, 0.05) is 33.3 Å². The summed E-state index contributed by atoms with van der Waals surface area (Å²) >= 11 is 0. The van der Waals surface area contributed by atoms with Crippen LogP contribution in [0.15, 0.2) is 24.3 Å². The highest BCUT2D eigenvalue weighted by Gasteiger charge is 2.53. The second-order valence-corrected chi connectivity index (χ2v) is 7.27. The molecule has 0 aromatic heterocycles. The van der Waals surface area contributed by atoms with E-state index in [4.69, 9.17) is 28.4 Å². The standard InChI is InChI=1S/C22H26O11/c1-11(23)16-6-8-17(9-7-16)32-22-21(31-15(5)27)20(30-14(4)26)19(29-13(3)25)18(33-22)10-28-12(2)24/h6-9,18-22H,10H2,1-5H3/t18?,19-,20?,21?,22+/m0/s1. The molecule has 0 radical (unpaired) electrons. The van der Waals surface area contributed by atoms with Gasteiger partial charge in [0.1, 0.15) is 18.5 Å². The van der Waals surface area contributed by atoms with Crippen molar-refractivity contribution in [3.8, 4) is 5.75 Å². The maximum Gasteiger partial charge on any atom is 0.303 e. The van der Waals surface area contributed by atoms with E-state index in [9.17, 15) is 24.0 Å². The van der Waals surface area contributed by atoms with E-state index in [-0.39, 0.29) is 18.1 Å². The van der Waals surface area contributed by atoms with Crippen molar-refractivity contribution in [2.45, 2.75) is 65.3 Å². The summed E-state index contributed by atoms with van der Waals surface area (Å²) in [5.74, 6) is -2.72. The number of benzene rings is 1. The first-order chi connectivity index (χ1) is 15.5. The molecule has 1 aliphatic heterocycles. The predicted octanol–water partition coefficient (Wildman–Crippen LogP) is 1.35. The van der Waals surface area contributed by atoms with Crippen molar-refractivity contribution < 1.29 is 52.4 Å². The molecule has 33 heavy (non-hydrogen) atoms. The number of carbonyl (C=O) groups excluding carboxylic acids is 5. The highest BCUT2D eigenvalue weighted by Crippen LogP contribution is 2.31. The zero-order valence-electron chi connectivity index (χ0n) is 18.9. The third-order valence-electron chi connectivity index (χ3n) is 4.46. The molecule has 0 N–H and O–H groups in total. The average Bonchev–Trinajstić information content (AvgIpc) is 2.70. The molecule has 1 aliphatic rings. The zero-order chi connectivity index (χ0) is 24.7. The first-order valence-electron chi connectivity index (χ1n) is 10.1. The molecule has 3 unspecified atom stereocenters. The summed E-state index contributed by atoms with van der Waals surface area (Å²) in [5.41, 5.74) is 0.448. The van der Waals surface area contributed by atoms with Crippen LogP contribution < -0.4 is 4.74 Å². The molecule has 11 heteroatoms. The molecule has 1 heterocycles. The Morgan fingerprint density at radius 1 is 0.727 bits per heavy atom. The molecular weight excluding hydrogens is 440 g/mol. The lowest BCUT2D eigenvalue weighted by molar-refractivity contribution is -0.288. The van der Waals surface area contributed by atoms with E-state index in [0.29, 0.717) is 5.56 Å². The molecule has 1 fully saturated rings. The maximum absolute atomic E-state index is 11.8. The molecule has 1 aromatic rings. The Balaban J connectivity index is 2.43. The second-order valence-electron chi connectivity index (χ2n) is 7.27. The van der Waals surface area contributed by atoms with Crippen molar-refractivity contribution in [3.05, 3.63) is 29.8 Å².